The zero-order chi connectivity index (χ0) is 11.1. The third-order valence-electron chi connectivity index (χ3n) is 1.93. The first-order valence-corrected chi connectivity index (χ1v) is 4.86. The van der Waals surface area contributed by atoms with E-state index in [-0.39, 0.29) is 6.04 Å². The van der Waals surface area contributed by atoms with Gasteiger partial charge in [0.05, 0.1) is 7.11 Å². The van der Waals surface area contributed by atoms with Gasteiger partial charge in [-0.25, -0.2) is 4.79 Å². The Labute approximate surface area is 85.0 Å². The number of ether oxygens (including phenoxy) is 1. The first kappa shape index (κ1) is 12.9. The Hall–Kier alpha value is -1.06. The van der Waals surface area contributed by atoms with E-state index in [0.717, 1.165) is 12.8 Å². The summed E-state index contributed by atoms with van der Waals surface area (Å²) in [5.41, 5.74) is 0. The van der Waals surface area contributed by atoms with E-state index in [0.29, 0.717) is 5.92 Å². The number of esters is 1. The van der Waals surface area contributed by atoms with Crippen molar-refractivity contribution in [1.82, 2.24) is 5.32 Å². The lowest BCUT2D eigenvalue weighted by molar-refractivity contribution is -0.153. The summed E-state index contributed by atoms with van der Waals surface area (Å²) >= 11 is 0. The van der Waals surface area contributed by atoms with E-state index in [1.165, 1.54) is 7.11 Å². The summed E-state index contributed by atoms with van der Waals surface area (Å²) in [7, 11) is 1.20. The number of methoxy groups -OCH3 is 1. The highest BCUT2D eigenvalue weighted by Crippen LogP contribution is 2.06. The SMILES string of the molecule is COC(=O)C(=O)NC(C)CCC(C)C. The van der Waals surface area contributed by atoms with Crippen molar-refractivity contribution in [2.45, 2.75) is 39.7 Å². The molecule has 0 aliphatic rings. The zero-order valence-electron chi connectivity index (χ0n) is 9.29. The topological polar surface area (TPSA) is 55.4 Å². The summed E-state index contributed by atoms with van der Waals surface area (Å²) in [6, 6.07) is 0.0176. The van der Waals surface area contributed by atoms with Gasteiger partial charge in [-0.05, 0) is 25.7 Å². The lowest BCUT2D eigenvalue weighted by Crippen LogP contribution is -2.38. The molecule has 0 bridgehead atoms. The summed E-state index contributed by atoms with van der Waals surface area (Å²) in [5, 5.41) is 2.57. The highest BCUT2D eigenvalue weighted by molar-refractivity contribution is 6.32. The zero-order valence-corrected chi connectivity index (χ0v) is 9.29. The second-order valence-corrected chi connectivity index (χ2v) is 3.84. The number of nitrogens with one attached hydrogen (secondary N) is 1. The van der Waals surface area contributed by atoms with Gasteiger partial charge < -0.3 is 10.1 Å². The van der Waals surface area contributed by atoms with Gasteiger partial charge in [0.15, 0.2) is 0 Å². The minimum absolute atomic E-state index is 0.0176. The van der Waals surface area contributed by atoms with Gasteiger partial charge in [0.1, 0.15) is 0 Å². The fourth-order valence-corrected chi connectivity index (χ4v) is 1.03. The highest BCUT2D eigenvalue weighted by atomic mass is 16.5. The predicted octanol–water partition coefficient (Wildman–Crippen LogP) is 1.10. The van der Waals surface area contributed by atoms with E-state index < -0.39 is 11.9 Å². The van der Waals surface area contributed by atoms with Gasteiger partial charge in [0.25, 0.3) is 0 Å². The normalized spacial score (nSPS) is 12.4. The first-order chi connectivity index (χ1) is 6.47. The third-order valence-corrected chi connectivity index (χ3v) is 1.93. The fraction of sp³-hybridized carbons (Fsp3) is 0.800. The summed E-state index contributed by atoms with van der Waals surface area (Å²) in [5.74, 6) is -0.891. The average Bonchev–Trinajstić information content (AvgIpc) is 2.13. The lowest BCUT2D eigenvalue weighted by atomic mass is 10.0. The van der Waals surface area contributed by atoms with E-state index in [1.807, 2.05) is 6.92 Å². The van der Waals surface area contributed by atoms with E-state index in [9.17, 15) is 9.59 Å². The molecule has 1 N–H and O–H groups in total. The number of carbonyl (C=O) groups is 2. The minimum atomic E-state index is -0.832. The Morgan fingerprint density at radius 1 is 1.21 bits per heavy atom. The van der Waals surface area contributed by atoms with Crippen LogP contribution in [0, 0.1) is 5.92 Å². The summed E-state index contributed by atoms with van der Waals surface area (Å²) < 4.78 is 4.29. The molecule has 0 aromatic rings. The molecule has 4 heteroatoms. The molecule has 0 saturated carbocycles. The molecule has 1 unspecified atom stereocenters. The number of carbonyl (C=O) groups excluding carboxylic acids is 2. The van der Waals surface area contributed by atoms with Crippen molar-refractivity contribution in [2.24, 2.45) is 5.92 Å². The van der Waals surface area contributed by atoms with Crippen molar-refractivity contribution in [2.75, 3.05) is 7.11 Å². The monoisotopic (exact) mass is 201 g/mol. The first-order valence-electron chi connectivity index (χ1n) is 4.86. The van der Waals surface area contributed by atoms with Crippen molar-refractivity contribution in [3.63, 3.8) is 0 Å². The van der Waals surface area contributed by atoms with Crippen LogP contribution in [-0.4, -0.2) is 25.0 Å². The molecule has 82 valence electrons. The Morgan fingerprint density at radius 2 is 1.79 bits per heavy atom. The van der Waals surface area contributed by atoms with Gasteiger partial charge in [0, 0.05) is 6.04 Å². The van der Waals surface area contributed by atoms with Crippen LogP contribution in [0.4, 0.5) is 0 Å². The maximum atomic E-state index is 11.0. The van der Waals surface area contributed by atoms with E-state index in [2.05, 4.69) is 23.9 Å². The quantitative estimate of drug-likeness (QED) is 0.547. The van der Waals surface area contributed by atoms with Crippen LogP contribution in [0.5, 0.6) is 0 Å². The Kier molecular flexibility index (Phi) is 5.92. The van der Waals surface area contributed by atoms with Crippen LogP contribution < -0.4 is 5.32 Å². The van der Waals surface area contributed by atoms with Crippen LogP contribution in [-0.2, 0) is 14.3 Å². The number of hydrogen-bond acceptors (Lipinski definition) is 3. The standard InChI is InChI=1S/C10H19NO3/c1-7(2)5-6-8(3)11-9(12)10(13)14-4/h7-8H,5-6H2,1-4H3,(H,11,12). The van der Waals surface area contributed by atoms with E-state index in [1.54, 1.807) is 0 Å². The van der Waals surface area contributed by atoms with Crippen LogP contribution in [0.15, 0.2) is 0 Å². The molecule has 0 saturated heterocycles. The second kappa shape index (κ2) is 6.40. The molecule has 0 aromatic carbocycles. The molecule has 0 aliphatic heterocycles. The molecule has 1 amide bonds. The van der Waals surface area contributed by atoms with Gasteiger partial charge in [-0.3, -0.25) is 4.79 Å². The molecule has 4 nitrogen and oxygen atoms in total. The van der Waals surface area contributed by atoms with Crippen LogP contribution in [0.3, 0.4) is 0 Å². The molecular weight excluding hydrogens is 182 g/mol. The Morgan fingerprint density at radius 3 is 2.21 bits per heavy atom. The highest BCUT2D eigenvalue weighted by Gasteiger charge is 2.15. The number of hydrogen-bond donors (Lipinski definition) is 1. The van der Waals surface area contributed by atoms with Gasteiger partial charge in [-0.2, -0.15) is 0 Å². The van der Waals surface area contributed by atoms with Crippen molar-refractivity contribution >= 4 is 11.9 Å². The second-order valence-electron chi connectivity index (χ2n) is 3.84. The summed E-state index contributed by atoms with van der Waals surface area (Å²) in [6.07, 6.45) is 1.91. The van der Waals surface area contributed by atoms with Crippen LogP contribution >= 0.6 is 0 Å². The summed E-state index contributed by atoms with van der Waals surface area (Å²) in [4.78, 5) is 21.8. The largest absolute Gasteiger partial charge is 0.462 e. The summed E-state index contributed by atoms with van der Waals surface area (Å²) in [6.45, 7) is 6.12. The van der Waals surface area contributed by atoms with Crippen LogP contribution in [0.2, 0.25) is 0 Å². The molecule has 1 atom stereocenters. The molecule has 0 aliphatic carbocycles. The molecule has 0 rings (SSSR count). The maximum Gasteiger partial charge on any atom is 0.396 e. The smallest absolute Gasteiger partial charge is 0.396 e. The van der Waals surface area contributed by atoms with E-state index >= 15 is 0 Å². The Balaban J connectivity index is 3.76. The van der Waals surface area contributed by atoms with Gasteiger partial charge in [0.2, 0.25) is 0 Å². The van der Waals surface area contributed by atoms with Crippen LogP contribution in [0.25, 0.3) is 0 Å². The number of amides is 1. The van der Waals surface area contributed by atoms with Crippen LogP contribution in [0.1, 0.15) is 33.6 Å². The van der Waals surface area contributed by atoms with Crippen molar-refractivity contribution in [1.29, 1.82) is 0 Å². The maximum absolute atomic E-state index is 11.0. The molecule has 0 aromatic heterocycles. The van der Waals surface area contributed by atoms with Crippen molar-refractivity contribution in [3.05, 3.63) is 0 Å². The molecule has 14 heavy (non-hydrogen) atoms. The molecule has 0 spiro atoms. The predicted molar refractivity (Wildman–Crippen MR) is 53.7 cm³/mol. The average molecular weight is 201 g/mol. The minimum Gasteiger partial charge on any atom is -0.462 e. The fourth-order valence-electron chi connectivity index (χ4n) is 1.03. The van der Waals surface area contributed by atoms with Crippen molar-refractivity contribution < 1.29 is 14.3 Å². The van der Waals surface area contributed by atoms with E-state index in [4.69, 9.17) is 0 Å². The van der Waals surface area contributed by atoms with Gasteiger partial charge in [-0.1, -0.05) is 13.8 Å². The molecule has 0 fully saturated rings. The van der Waals surface area contributed by atoms with Gasteiger partial charge >= 0.3 is 11.9 Å². The molecule has 0 heterocycles. The number of rotatable bonds is 4. The molecular formula is C10H19NO3. The van der Waals surface area contributed by atoms with Crippen molar-refractivity contribution in [3.8, 4) is 0 Å². The Bertz CT molecular complexity index is 202. The van der Waals surface area contributed by atoms with Gasteiger partial charge in [-0.15, -0.1) is 0 Å². The third kappa shape index (κ3) is 5.56. The lowest BCUT2D eigenvalue weighted by Gasteiger charge is -2.13. The molecule has 0 radical (unpaired) electrons.